The normalized spacial score (nSPS) is 29.8. The monoisotopic (exact) mass is 268 g/mol. The average molecular weight is 268 g/mol. The van der Waals surface area contributed by atoms with Gasteiger partial charge in [0.05, 0.1) is 12.2 Å². The third-order valence-corrected chi connectivity index (χ3v) is 3.84. The molecule has 1 saturated heterocycles. The minimum absolute atomic E-state index is 0.0455. The molecule has 4 atom stereocenters. The Hall–Kier alpha value is -0.670. The molecule has 0 radical (unpaired) electrons. The molecule has 1 rings (SSSR count). The van der Waals surface area contributed by atoms with Crippen LogP contribution in [0.2, 0.25) is 0 Å². The first kappa shape index (κ1) is 16.4. The lowest BCUT2D eigenvalue weighted by Gasteiger charge is -2.21. The number of ether oxygens (including phenoxy) is 2. The van der Waals surface area contributed by atoms with E-state index >= 15 is 0 Å². The number of carbonyl (C=O) groups is 1. The van der Waals surface area contributed by atoms with Crippen molar-refractivity contribution in [2.75, 3.05) is 0 Å². The molecule has 1 unspecified atom stereocenters. The summed E-state index contributed by atoms with van der Waals surface area (Å²) in [6.45, 7) is 12.6. The molecule has 0 N–H and O–H groups in total. The second-order valence-corrected chi connectivity index (χ2v) is 6.39. The highest BCUT2D eigenvalue weighted by molar-refractivity contribution is 5.50. The number of aldehydes is 1. The van der Waals surface area contributed by atoms with Gasteiger partial charge in [-0.1, -0.05) is 39.8 Å². The molecule has 110 valence electrons. The Bertz CT molecular complexity index is 320. The standard InChI is InChI=1S/C16H28O3/c1-11(2)12(3)7-8-13(4)15-14(9-10-17)18-16(5,6)19-15/h7-8,10-15H,9H2,1-6H3/b8-7-/t12-,13?,14-,15+/m0/s1. The van der Waals surface area contributed by atoms with Gasteiger partial charge in [-0.2, -0.15) is 0 Å². The fourth-order valence-electron chi connectivity index (χ4n) is 2.27. The Morgan fingerprint density at radius 3 is 2.26 bits per heavy atom. The lowest BCUT2D eigenvalue weighted by atomic mass is 9.93. The minimum atomic E-state index is -0.593. The molecule has 1 aliphatic rings. The van der Waals surface area contributed by atoms with E-state index in [2.05, 4.69) is 39.8 Å². The van der Waals surface area contributed by atoms with Gasteiger partial charge in [0.1, 0.15) is 6.29 Å². The van der Waals surface area contributed by atoms with Crippen LogP contribution in [0.15, 0.2) is 12.2 Å². The molecule has 0 aliphatic carbocycles. The first-order chi connectivity index (χ1) is 8.76. The SMILES string of the molecule is CC(/C=C\[C@H](C)C(C)C)[C@H]1OC(C)(C)O[C@H]1CC=O. The van der Waals surface area contributed by atoms with Gasteiger partial charge in [0.15, 0.2) is 5.79 Å². The Labute approximate surface area is 117 Å². The lowest BCUT2D eigenvalue weighted by molar-refractivity contribution is -0.149. The van der Waals surface area contributed by atoms with Crippen molar-refractivity contribution in [2.45, 2.75) is 66.0 Å². The molecule has 1 aliphatic heterocycles. The van der Waals surface area contributed by atoms with Crippen molar-refractivity contribution in [1.29, 1.82) is 0 Å². The average Bonchev–Trinajstić information content (AvgIpc) is 2.61. The second-order valence-electron chi connectivity index (χ2n) is 6.39. The minimum Gasteiger partial charge on any atom is -0.344 e. The fraction of sp³-hybridized carbons (Fsp3) is 0.812. The van der Waals surface area contributed by atoms with Crippen LogP contribution in [0.3, 0.4) is 0 Å². The number of rotatable bonds is 6. The van der Waals surface area contributed by atoms with Crippen LogP contribution in [0, 0.1) is 17.8 Å². The molecule has 0 saturated carbocycles. The van der Waals surface area contributed by atoms with E-state index in [0.717, 1.165) is 6.29 Å². The molecule has 0 aromatic heterocycles. The Morgan fingerprint density at radius 1 is 1.11 bits per heavy atom. The second kappa shape index (κ2) is 6.67. The van der Waals surface area contributed by atoms with Gasteiger partial charge in [0, 0.05) is 12.3 Å². The van der Waals surface area contributed by atoms with Crippen LogP contribution >= 0.6 is 0 Å². The van der Waals surface area contributed by atoms with Crippen LogP contribution in [0.25, 0.3) is 0 Å². The Morgan fingerprint density at radius 2 is 1.74 bits per heavy atom. The first-order valence-electron chi connectivity index (χ1n) is 7.24. The van der Waals surface area contributed by atoms with Crippen molar-refractivity contribution in [3.05, 3.63) is 12.2 Å². The van der Waals surface area contributed by atoms with Gasteiger partial charge in [0.25, 0.3) is 0 Å². The van der Waals surface area contributed by atoms with Crippen LogP contribution in [-0.2, 0) is 14.3 Å². The molecule has 3 nitrogen and oxygen atoms in total. The predicted molar refractivity (Wildman–Crippen MR) is 76.8 cm³/mol. The van der Waals surface area contributed by atoms with Crippen molar-refractivity contribution in [3.8, 4) is 0 Å². The summed E-state index contributed by atoms with van der Waals surface area (Å²) in [7, 11) is 0. The molecule has 3 heteroatoms. The largest absolute Gasteiger partial charge is 0.344 e. The summed E-state index contributed by atoms with van der Waals surface area (Å²) in [4.78, 5) is 10.7. The predicted octanol–water partition coefficient (Wildman–Crippen LogP) is 3.58. The molecule has 0 amide bonds. The van der Waals surface area contributed by atoms with E-state index in [1.165, 1.54) is 0 Å². The van der Waals surface area contributed by atoms with Crippen LogP contribution in [0.4, 0.5) is 0 Å². The molecular weight excluding hydrogens is 240 g/mol. The summed E-state index contributed by atoms with van der Waals surface area (Å²) in [5.41, 5.74) is 0. The maximum absolute atomic E-state index is 10.7. The third-order valence-electron chi connectivity index (χ3n) is 3.84. The molecule has 0 aromatic rings. The van der Waals surface area contributed by atoms with Crippen LogP contribution in [0.5, 0.6) is 0 Å². The van der Waals surface area contributed by atoms with Crippen LogP contribution < -0.4 is 0 Å². The number of hydrogen-bond acceptors (Lipinski definition) is 3. The van der Waals surface area contributed by atoms with E-state index in [1.807, 2.05) is 13.8 Å². The molecule has 0 spiro atoms. The van der Waals surface area contributed by atoms with E-state index < -0.39 is 5.79 Å². The van der Waals surface area contributed by atoms with Gasteiger partial charge in [-0.3, -0.25) is 0 Å². The quantitative estimate of drug-likeness (QED) is 0.545. The topological polar surface area (TPSA) is 35.5 Å². The van der Waals surface area contributed by atoms with E-state index in [4.69, 9.17) is 9.47 Å². The van der Waals surface area contributed by atoms with Crippen LogP contribution in [0.1, 0.15) is 48.0 Å². The zero-order valence-corrected chi connectivity index (χ0v) is 13.1. The molecule has 0 aromatic carbocycles. The summed E-state index contributed by atoms with van der Waals surface area (Å²) in [6.07, 6.45) is 5.55. The molecular formula is C16H28O3. The summed E-state index contributed by atoms with van der Waals surface area (Å²) in [5, 5.41) is 0. The Kier molecular flexibility index (Phi) is 5.75. The fourth-order valence-corrected chi connectivity index (χ4v) is 2.27. The van der Waals surface area contributed by atoms with E-state index in [-0.39, 0.29) is 18.1 Å². The van der Waals surface area contributed by atoms with Gasteiger partial charge < -0.3 is 14.3 Å². The molecule has 0 bridgehead atoms. The third kappa shape index (κ3) is 4.73. The van der Waals surface area contributed by atoms with Crippen molar-refractivity contribution in [1.82, 2.24) is 0 Å². The van der Waals surface area contributed by atoms with Crippen LogP contribution in [-0.4, -0.2) is 24.3 Å². The first-order valence-corrected chi connectivity index (χ1v) is 7.24. The summed E-state index contributed by atoms with van der Waals surface area (Å²) < 4.78 is 11.7. The van der Waals surface area contributed by atoms with Crippen molar-refractivity contribution in [2.24, 2.45) is 17.8 Å². The van der Waals surface area contributed by atoms with Crippen molar-refractivity contribution in [3.63, 3.8) is 0 Å². The molecule has 19 heavy (non-hydrogen) atoms. The van der Waals surface area contributed by atoms with E-state index in [1.54, 1.807) is 0 Å². The maximum atomic E-state index is 10.7. The zero-order valence-electron chi connectivity index (χ0n) is 13.1. The summed E-state index contributed by atoms with van der Waals surface area (Å²) in [6, 6.07) is 0. The Balaban J connectivity index is 2.68. The van der Waals surface area contributed by atoms with Gasteiger partial charge >= 0.3 is 0 Å². The number of allylic oxidation sites excluding steroid dienone is 1. The van der Waals surface area contributed by atoms with Crippen molar-refractivity contribution >= 4 is 6.29 Å². The van der Waals surface area contributed by atoms with Gasteiger partial charge in [0.2, 0.25) is 0 Å². The highest BCUT2D eigenvalue weighted by Crippen LogP contribution is 2.34. The summed E-state index contributed by atoms with van der Waals surface area (Å²) in [5.74, 6) is 0.825. The van der Waals surface area contributed by atoms with Gasteiger partial charge in [-0.05, 0) is 25.7 Å². The molecule has 1 heterocycles. The highest BCUT2D eigenvalue weighted by atomic mass is 16.8. The van der Waals surface area contributed by atoms with Crippen molar-refractivity contribution < 1.29 is 14.3 Å². The van der Waals surface area contributed by atoms with Gasteiger partial charge in [-0.25, -0.2) is 0 Å². The van der Waals surface area contributed by atoms with E-state index in [0.29, 0.717) is 18.3 Å². The zero-order chi connectivity index (χ0) is 14.6. The molecule has 1 fully saturated rings. The smallest absolute Gasteiger partial charge is 0.163 e. The number of carbonyl (C=O) groups excluding carboxylic acids is 1. The van der Waals surface area contributed by atoms with E-state index in [9.17, 15) is 4.79 Å². The number of hydrogen-bond donors (Lipinski definition) is 0. The maximum Gasteiger partial charge on any atom is 0.163 e. The lowest BCUT2D eigenvalue weighted by Crippen LogP contribution is -2.29. The highest BCUT2D eigenvalue weighted by Gasteiger charge is 2.42. The summed E-state index contributed by atoms with van der Waals surface area (Å²) >= 11 is 0. The van der Waals surface area contributed by atoms with Gasteiger partial charge in [-0.15, -0.1) is 0 Å².